The second-order valence-electron chi connectivity index (χ2n) is 6.75. The van der Waals surface area contributed by atoms with Crippen LogP contribution in [0.2, 0.25) is 0 Å². The molecule has 1 atom stereocenters. The molecule has 0 bridgehead atoms. The zero-order valence-electron chi connectivity index (χ0n) is 14.1. The monoisotopic (exact) mass is 336 g/mol. The third kappa shape index (κ3) is 3.28. The van der Waals surface area contributed by atoms with Gasteiger partial charge >= 0.3 is 5.97 Å². The van der Waals surface area contributed by atoms with Crippen molar-refractivity contribution in [1.82, 2.24) is 9.88 Å². The highest BCUT2D eigenvalue weighted by atomic mass is 16.4. The van der Waals surface area contributed by atoms with Crippen LogP contribution in [0.25, 0.3) is 11.1 Å². The Kier molecular flexibility index (Phi) is 4.01. The molecule has 25 heavy (non-hydrogen) atoms. The second kappa shape index (κ2) is 6.33. The van der Waals surface area contributed by atoms with E-state index in [2.05, 4.69) is 22.9 Å². The van der Waals surface area contributed by atoms with Gasteiger partial charge in [-0.2, -0.15) is 0 Å². The predicted molar refractivity (Wildman–Crippen MR) is 94.8 cm³/mol. The van der Waals surface area contributed by atoms with Crippen molar-refractivity contribution in [2.75, 3.05) is 13.1 Å². The molecule has 1 aliphatic rings. The quantitative estimate of drug-likeness (QED) is 0.784. The number of aryl methyl sites for hydroxylation is 1. The van der Waals surface area contributed by atoms with Crippen LogP contribution in [0.4, 0.5) is 0 Å². The summed E-state index contributed by atoms with van der Waals surface area (Å²) in [5.41, 5.74) is 4.41. The van der Waals surface area contributed by atoms with Gasteiger partial charge < -0.3 is 9.52 Å². The maximum atomic E-state index is 10.9. The molecule has 0 radical (unpaired) electrons. The van der Waals surface area contributed by atoms with Crippen molar-refractivity contribution in [1.29, 1.82) is 0 Å². The molecule has 0 amide bonds. The number of hydrogen-bond acceptors (Lipinski definition) is 4. The van der Waals surface area contributed by atoms with Gasteiger partial charge in [-0.25, -0.2) is 9.78 Å². The first-order valence-corrected chi connectivity index (χ1v) is 8.50. The first kappa shape index (κ1) is 15.8. The van der Waals surface area contributed by atoms with Crippen LogP contribution in [0.3, 0.4) is 0 Å². The summed E-state index contributed by atoms with van der Waals surface area (Å²) in [6.45, 7) is 4.77. The minimum Gasteiger partial charge on any atom is -0.478 e. The van der Waals surface area contributed by atoms with E-state index < -0.39 is 5.97 Å². The molecule has 1 fully saturated rings. The predicted octanol–water partition coefficient (Wildman–Crippen LogP) is 3.82. The maximum absolute atomic E-state index is 10.9. The Hall–Kier alpha value is -2.66. The van der Waals surface area contributed by atoms with Crippen molar-refractivity contribution in [2.24, 2.45) is 0 Å². The van der Waals surface area contributed by atoms with Gasteiger partial charge in [-0.05, 0) is 55.3 Å². The van der Waals surface area contributed by atoms with E-state index in [1.807, 2.05) is 24.3 Å². The molecule has 0 spiro atoms. The molecule has 2 aromatic carbocycles. The van der Waals surface area contributed by atoms with Crippen LogP contribution in [-0.2, 0) is 6.54 Å². The number of hydrogen-bond donors (Lipinski definition) is 1. The van der Waals surface area contributed by atoms with Gasteiger partial charge in [0.05, 0.1) is 5.56 Å². The van der Waals surface area contributed by atoms with Crippen molar-refractivity contribution in [3.05, 3.63) is 65.0 Å². The fourth-order valence-electron chi connectivity index (χ4n) is 3.42. The summed E-state index contributed by atoms with van der Waals surface area (Å²) in [7, 11) is 0. The van der Waals surface area contributed by atoms with E-state index >= 15 is 0 Å². The molecule has 1 saturated heterocycles. The number of benzene rings is 2. The highest BCUT2D eigenvalue weighted by Crippen LogP contribution is 2.30. The smallest absolute Gasteiger partial charge is 0.335 e. The van der Waals surface area contributed by atoms with Gasteiger partial charge in [0, 0.05) is 19.0 Å². The summed E-state index contributed by atoms with van der Waals surface area (Å²) in [6, 6.07) is 13.2. The van der Waals surface area contributed by atoms with Crippen LogP contribution in [0.15, 0.2) is 46.9 Å². The Bertz CT molecular complexity index is 914. The lowest BCUT2D eigenvalue weighted by Gasteiger charge is -2.15. The van der Waals surface area contributed by atoms with E-state index in [0.717, 1.165) is 48.6 Å². The number of fused-ring (bicyclic) bond motifs is 1. The van der Waals surface area contributed by atoms with E-state index in [4.69, 9.17) is 9.52 Å². The third-order valence-corrected chi connectivity index (χ3v) is 4.79. The van der Waals surface area contributed by atoms with Crippen LogP contribution in [-0.4, -0.2) is 34.0 Å². The lowest BCUT2D eigenvalue weighted by molar-refractivity contribution is 0.0697. The van der Waals surface area contributed by atoms with Crippen LogP contribution in [0.5, 0.6) is 0 Å². The molecule has 1 unspecified atom stereocenters. The first-order chi connectivity index (χ1) is 12.1. The zero-order valence-corrected chi connectivity index (χ0v) is 14.1. The molecular weight excluding hydrogens is 316 g/mol. The van der Waals surface area contributed by atoms with Crippen molar-refractivity contribution in [2.45, 2.75) is 25.8 Å². The molecule has 0 saturated carbocycles. The van der Waals surface area contributed by atoms with E-state index in [9.17, 15) is 4.79 Å². The van der Waals surface area contributed by atoms with Crippen molar-refractivity contribution < 1.29 is 14.3 Å². The zero-order chi connectivity index (χ0) is 17.4. The fourth-order valence-corrected chi connectivity index (χ4v) is 3.42. The number of carboxylic acid groups (broad SMARTS) is 1. The minimum atomic E-state index is -0.890. The van der Waals surface area contributed by atoms with E-state index in [1.54, 1.807) is 12.1 Å². The van der Waals surface area contributed by atoms with Crippen LogP contribution in [0.1, 0.15) is 39.7 Å². The van der Waals surface area contributed by atoms with Gasteiger partial charge in [-0.15, -0.1) is 0 Å². The molecule has 2 heterocycles. The minimum absolute atomic E-state index is 0.311. The summed E-state index contributed by atoms with van der Waals surface area (Å²) in [6.07, 6.45) is 1.03. The van der Waals surface area contributed by atoms with Gasteiger partial charge in [0.2, 0.25) is 0 Å². The summed E-state index contributed by atoms with van der Waals surface area (Å²) in [5, 5.41) is 8.97. The van der Waals surface area contributed by atoms with Crippen LogP contribution < -0.4 is 0 Å². The largest absolute Gasteiger partial charge is 0.478 e. The van der Waals surface area contributed by atoms with Crippen molar-refractivity contribution in [3.8, 4) is 0 Å². The first-order valence-electron chi connectivity index (χ1n) is 8.50. The normalized spacial score (nSPS) is 18.0. The number of carbonyl (C=O) groups is 1. The molecule has 5 heteroatoms. The van der Waals surface area contributed by atoms with Gasteiger partial charge in [0.1, 0.15) is 5.52 Å². The lowest BCUT2D eigenvalue weighted by Crippen LogP contribution is -2.19. The van der Waals surface area contributed by atoms with Gasteiger partial charge in [0.25, 0.3) is 0 Å². The maximum Gasteiger partial charge on any atom is 0.335 e. The van der Waals surface area contributed by atoms with Crippen LogP contribution in [0, 0.1) is 6.92 Å². The summed E-state index contributed by atoms with van der Waals surface area (Å²) >= 11 is 0. The fraction of sp³-hybridized carbons (Fsp3) is 0.300. The number of rotatable bonds is 4. The SMILES string of the molecule is Cc1ccc2oc(C3CCN(Cc4ccc(C(=O)O)cc4)C3)nc2c1. The van der Waals surface area contributed by atoms with Crippen molar-refractivity contribution in [3.63, 3.8) is 0 Å². The number of oxazole rings is 1. The molecule has 128 valence electrons. The molecule has 1 aromatic heterocycles. The Labute approximate surface area is 145 Å². The molecule has 1 N–H and O–H groups in total. The van der Waals surface area contributed by atoms with E-state index in [-0.39, 0.29) is 0 Å². The Morgan fingerprint density at radius 2 is 2.08 bits per heavy atom. The number of nitrogens with zero attached hydrogens (tertiary/aromatic N) is 2. The molecule has 3 aromatic rings. The lowest BCUT2D eigenvalue weighted by atomic mass is 10.1. The van der Waals surface area contributed by atoms with Gasteiger partial charge in [0.15, 0.2) is 11.5 Å². The number of aromatic carboxylic acids is 1. The van der Waals surface area contributed by atoms with Crippen LogP contribution >= 0.6 is 0 Å². The number of aromatic nitrogens is 1. The Balaban J connectivity index is 1.44. The second-order valence-corrected chi connectivity index (χ2v) is 6.75. The van der Waals surface area contributed by atoms with E-state index in [0.29, 0.717) is 11.5 Å². The molecule has 0 aliphatic carbocycles. The average molecular weight is 336 g/mol. The molecular formula is C20H20N2O3. The molecule has 4 rings (SSSR count). The summed E-state index contributed by atoms with van der Waals surface area (Å²) in [5.74, 6) is 0.245. The summed E-state index contributed by atoms with van der Waals surface area (Å²) < 4.78 is 5.94. The van der Waals surface area contributed by atoms with Gasteiger partial charge in [-0.1, -0.05) is 18.2 Å². The number of carboxylic acids is 1. The molecule has 5 nitrogen and oxygen atoms in total. The topological polar surface area (TPSA) is 66.6 Å². The number of likely N-dealkylation sites (tertiary alicyclic amines) is 1. The Morgan fingerprint density at radius 3 is 2.84 bits per heavy atom. The highest BCUT2D eigenvalue weighted by molar-refractivity contribution is 5.87. The standard InChI is InChI=1S/C20H20N2O3/c1-13-2-7-18-17(10-13)21-19(25-18)16-8-9-22(12-16)11-14-3-5-15(6-4-14)20(23)24/h2-7,10,16H,8-9,11-12H2,1H3,(H,23,24). The Morgan fingerprint density at radius 1 is 1.28 bits per heavy atom. The third-order valence-electron chi connectivity index (χ3n) is 4.79. The van der Waals surface area contributed by atoms with Gasteiger partial charge in [-0.3, -0.25) is 4.90 Å². The molecule has 1 aliphatic heterocycles. The average Bonchev–Trinajstić information content (AvgIpc) is 3.21. The summed E-state index contributed by atoms with van der Waals surface area (Å²) in [4.78, 5) is 18.0. The van der Waals surface area contributed by atoms with Crippen molar-refractivity contribution >= 4 is 17.1 Å². The van der Waals surface area contributed by atoms with E-state index in [1.165, 1.54) is 5.56 Å². The highest BCUT2D eigenvalue weighted by Gasteiger charge is 2.27.